The molecule has 0 spiro atoms. The van der Waals surface area contributed by atoms with Crippen molar-refractivity contribution in [2.45, 2.75) is 70.6 Å². The van der Waals surface area contributed by atoms with E-state index in [1.807, 2.05) is 25.7 Å². The number of carbonyl (C=O) groups is 3. The third-order valence-electron chi connectivity index (χ3n) is 4.61. The van der Waals surface area contributed by atoms with Gasteiger partial charge in [0.05, 0.1) is 12.6 Å². The number of fused-ring (bicyclic) bond motifs is 2. The molecule has 1 aliphatic carbocycles. The molecule has 3 unspecified atom stereocenters. The number of hydrogen-bond donors (Lipinski definition) is 0. The van der Waals surface area contributed by atoms with Gasteiger partial charge in [0.2, 0.25) is 5.91 Å². The summed E-state index contributed by atoms with van der Waals surface area (Å²) in [4.78, 5) is 37.4. The van der Waals surface area contributed by atoms with Crippen molar-refractivity contribution in [2.24, 2.45) is 5.92 Å². The van der Waals surface area contributed by atoms with E-state index in [0.717, 1.165) is 25.3 Å². The molecule has 0 N–H and O–H groups in total. The molecule has 2 bridgehead atoms. The number of esters is 2. The molecule has 0 aromatic rings. The molecule has 0 radical (unpaired) electrons. The monoisotopic (exact) mass is 337 g/mol. The van der Waals surface area contributed by atoms with Gasteiger partial charge in [0.1, 0.15) is 6.10 Å². The number of ether oxygens (including phenoxy) is 2. The van der Waals surface area contributed by atoms with Crippen LogP contribution in [0.4, 0.5) is 0 Å². The van der Waals surface area contributed by atoms with Crippen LogP contribution in [0.5, 0.6) is 0 Å². The van der Waals surface area contributed by atoms with E-state index in [1.165, 1.54) is 0 Å². The Bertz CT molecular complexity index is 522. The number of nitrogens with zero attached hydrogens (tertiary/aromatic N) is 1. The zero-order chi connectivity index (χ0) is 17.9. The zero-order valence-corrected chi connectivity index (χ0v) is 14.7. The molecule has 1 saturated carbocycles. The number of amides is 1. The number of likely N-dealkylation sites (tertiary alicyclic amines) is 1. The van der Waals surface area contributed by atoms with Gasteiger partial charge in [-0.05, 0) is 46.5 Å². The maximum absolute atomic E-state index is 12.5. The van der Waals surface area contributed by atoms with E-state index in [4.69, 9.17) is 9.47 Å². The Morgan fingerprint density at radius 2 is 2.04 bits per heavy atom. The molecule has 1 aliphatic heterocycles. The average Bonchev–Trinajstić information content (AvgIpc) is 2.78. The van der Waals surface area contributed by atoms with Gasteiger partial charge in [0.25, 0.3) is 0 Å². The zero-order valence-electron chi connectivity index (χ0n) is 14.7. The predicted molar refractivity (Wildman–Crippen MR) is 88.0 cm³/mol. The Hall–Kier alpha value is -1.85. The molecule has 24 heavy (non-hydrogen) atoms. The topological polar surface area (TPSA) is 72.9 Å². The van der Waals surface area contributed by atoms with Crippen molar-refractivity contribution in [3.8, 4) is 0 Å². The normalized spacial score (nSPS) is 26.2. The average molecular weight is 337 g/mol. The van der Waals surface area contributed by atoms with Crippen LogP contribution in [0.3, 0.4) is 0 Å². The second-order valence-electron chi connectivity index (χ2n) is 7.46. The maximum Gasteiger partial charge on any atom is 0.330 e. The molecular formula is C18H27NO5. The smallest absolute Gasteiger partial charge is 0.330 e. The molecule has 0 aromatic carbocycles. The van der Waals surface area contributed by atoms with Gasteiger partial charge < -0.3 is 14.4 Å². The summed E-state index contributed by atoms with van der Waals surface area (Å²) in [6.07, 6.45) is 3.73. The largest absolute Gasteiger partial charge is 0.463 e. The molecule has 6 heteroatoms. The lowest BCUT2D eigenvalue weighted by Crippen LogP contribution is -2.51. The highest BCUT2D eigenvalue weighted by molar-refractivity contribution is 5.83. The van der Waals surface area contributed by atoms with Gasteiger partial charge >= 0.3 is 11.9 Å². The first-order valence-electron chi connectivity index (χ1n) is 8.56. The van der Waals surface area contributed by atoms with E-state index in [0.29, 0.717) is 6.42 Å². The molecule has 0 aromatic heterocycles. The molecule has 1 heterocycles. The summed E-state index contributed by atoms with van der Waals surface area (Å²) in [5.74, 6) is -0.543. The molecule has 2 fully saturated rings. The molecular weight excluding hydrogens is 310 g/mol. The van der Waals surface area contributed by atoms with Crippen LogP contribution in [0.2, 0.25) is 0 Å². The molecule has 134 valence electrons. The van der Waals surface area contributed by atoms with E-state index in [-0.39, 0.29) is 48.5 Å². The van der Waals surface area contributed by atoms with E-state index in [1.54, 1.807) is 0 Å². The van der Waals surface area contributed by atoms with Crippen LogP contribution in [0.1, 0.15) is 52.9 Å². The Kier molecular flexibility index (Phi) is 5.67. The molecule has 1 saturated heterocycles. The van der Waals surface area contributed by atoms with Gasteiger partial charge in [0.15, 0.2) is 0 Å². The van der Waals surface area contributed by atoms with Crippen LogP contribution < -0.4 is 0 Å². The lowest BCUT2D eigenvalue weighted by atomic mass is 9.87. The van der Waals surface area contributed by atoms with Crippen LogP contribution >= 0.6 is 0 Å². The van der Waals surface area contributed by atoms with E-state index < -0.39 is 5.97 Å². The van der Waals surface area contributed by atoms with Gasteiger partial charge in [-0.2, -0.15) is 0 Å². The highest BCUT2D eigenvalue weighted by Gasteiger charge is 2.51. The third-order valence-corrected chi connectivity index (χ3v) is 4.61. The fraction of sp³-hybridized carbons (Fsp3) is 0.722. The van der Waals surface area contributed by atoms with Crippen molar-refractivity contribution in [1.29, 1.82) is 0 Å². The van der Waals surface area contributed by atoms with Crippen molar-refractivity contribution < 1.29 is 23.9 Å². The molecule has 2 aliphatic rings. The summed E-state index contributed by atoms with van der Waals surface area (Å²) < 4.78 is 10.5. The summed E-state index contributed by atoms with van der Waals surface area (Å²) in [6, 6.07) is -0.0289. The van der Waals surface area contributed by atoms with E-state index in [2.05, 4.69) is 6.58 Å². The van der Waals surface area contributed by atoms with Gasteiger partial charge in [-0.15, -0.1) is 0 Å². The predicted octanol–water partition coefficient (Wildman–Crippen LogP) is 2.22. The minimum Gasteiger partial charge on any atom is -0.463 e. The second-order valence-corrected chi connectivity index (χ2v) is 7.46. The van der Waals surface area contributed by atoms with E-state index >= 15 is 0 Å². The van der Waals surface area contributed by atoms with Gasteiger partial charge in [-0.25, -0.2) is 4.79 Å². The molecule has 6 nitrogen and oxygen atoms in total. The van der Waals surface area contributed by atoms with Crippen LogP contribution in [0.15, 0.2) is 12.7 Å². The third kappa shape index (κ3) is 4.16. The van der Waals surface area contributed by atoms with Crippen LogP contribution in [-0.2, 0) is 23.9 Å². The highest BCUT2D eigenvalue weighted by Crippen LogP contribution is 2.41. The molecule has 2 rings (SSSR count). The first-order chi connectivity index (χ1) is 11.2. The van der Waals surface area contributed by atoms with Crippen molar-refractivity contribution in [3.05, 3.63) is 12.7 Å². The maximum atomic E-state index is 12.5. The summed E-state index contributed by atoms with van der Waals surface area (Å²) in [5, 5.41) is 0. The summed E-state index contributed by atoms with van der Waals surface area (Å²) in [6.45, 7) is 9.51. The number of hydrogen-bond acceptors (Lipinski definition) is 5. The SMILES string of the molecule is C=CC(=O)OCCCC(=O)OC1CCC2CC1N(C(C)(C)C)C2=O. The van der Waals surface area contributed by atoms with Gasteiger partial charge in [-0.1, -0.05) is 6.58 Å². The Balaban J connectivity index is 1.86. The first kappa shape index (κ1) is 18.5. The van der Waals surface area contributed by atoms with Gasteiger partial charge in [0, 0.05) is 24.0 Å². The fourth-order valence-electron chi connectivity index (χ4n) is 3.62. The van der Waals surface area contributed by atoms with Crippen molar-refractivity contribution in [3.63, 3.8) is 0 Å². The fourth-order valence-corrected chi connectivity index (χ4v) is 3.62. The lowest BCUT2D eigenvalue weighted by Gasteiger charge is -2.40. The van der Waals surface area contributed by atoms with Crippen molar-refractivity contribution in [1.82, 2.24) is 4.90 Å². The molecule has 3 atom stereocenters. The van der Waals surface area contributed by atoms with Crippen LogP contribution in [0, 0.1) is 5.92 Å². The lowest BCUT2D eigenvalue weighted by molar-refractivity contribution is -0.156. The summed E-state index contributed by atoms with van der Waals surface area (Å²) >= 11 is 0. The van der Waals surface area contributed by atoms with Crippen LogP contribution in [-0.4, -0.2) is 47.0 Å². The van der Waals surface area contributed by atoms with Gasteiger partial charge in [-0.3, -0.25) is 9.59 Å². The number of rotatable bonds is 6. The van der Waals surface area contributed by atoms with Crippen molar-refractivity contribution in [2.75, 3.05) is 6.61 Å². The molecule has 1 amide bonds. The Labute approximate surface area is 143 Å². The number of carbonyl (C=O) groups excluding carboxylic acids is 3. The quantitative estimate of drug-likeness (QED) is 0.422. The minimum atomic E-state index is -0.494. The highest BCUT2D eigenvalue weighted by atomic mass is 16.5. The standard InChI is InChI=1S/C18H27NO5/c1-5-15(20)23-10-6-7-16(21)24-14-9-8-12-11-13(14)19(17(12)22)18(2,3)4/h5,12-14H,1,6-11H2,2-4H3. The summed E-state index contributed by atoms with van der Waals surface area (Å²) in [5.41, 5.74) is -0.273. The van der Waals surface area contributed by atoms with Crippen molar-refractivity contribution >= 4 is 17.8 Å². The second kappa shape index (κ2) is 7.36. The Morgan fingerprint density at radius 1 is 1.33 bits per heavy atom. The first-order valence-corrected chi connectivity index (χ1v) is 8.56. The Morgan fingerprint density at radius 3 is 2.67 bits per heavy atom. The van der Waals surface area contributed by atoms with Crippen LogP contribution in [0.25, 0.3) is 0 Å². The van der Waals surface area contributed by atoms with E-state index in [9.17, 15) is 14.4 Å². The minimum absolute atomic E-state index is 0.0289. The summed E-state index contributed by atoms with van der Waals surface area (Å²) in [7, 11) is 0.